The lowest BCUT2D eigenvalue weighted by Gasteiger charge is -2.08. The summed E-state index contributed by atoms with van der Waals surface area (Å²) in [5.41, 5.74) is 0. The molecule has 0 aliphatic rings. The van der Waals surface area contributed by atoms with Gasteiger partial charge in [0, 0.05) is 6.07 Å². The third-order valence-electron chi connectivity index (χ3n) is 1.92. The summed E-state index contributed by atoms with van der Waals surface area (Å²) >= 11 is 0. The Labute approximate surface area is 84.3 Å². The van der Waals surface area contributed by atoms with Crippen LogP contribution in [0.1, 0.15) is 19.8 Å². The van der Waals surface area contributed by atoms with Gasteiger partial charge in [0.05, 0.1) is 13.7 Å². The van der Waals surface area contributed by atoms with Gasteiger partial charge in [-0.05, 0) is 18.6 Å². The van der Waals surface area contributed by atoms with Crippen molar-refractivity contribution in [3.05, 3.63) is 18.2 Å². The minimum atomic E-state index is 0.155. The van der Waals surface area contributed by atoms with Gasteiger partial charge in [-0.25, -0.2) is 0 Å². The van der Waals surface area contributed by atoms with Crippen LogP contribution in [0, 0.1) is 0 Å². The fraction of sp³-hybridized carbons (Fsp3) is 0.455. The number of hydrogen-bond acceptors (Lipinski definition) is 3. The highest BCUT2D eigenvalue weighted by atomic mass is 16.5. The van der Waals surface area contributed by atoms with Crippen molar-refractivity contribution >= 4 is 0 Å². The molecule has 3 heteroatoms. The van der Waals surface area contributed by atoms with E-state index in [-0.39, 0.29) is 5.75 Å². The Morgan fingerprint density at radius 1 is 1.36 bits per heavy atom. The highest BCUT2D eigenvalue weighted by Gasteiger charge is 2.03. The number of hydrogen-bond donors (Lipinski definition) is 1. The summed E-state index contributed by atoms with van der Waals surface area (Å²) in [6.07, 6.45) is 2.06. The van der Waals surface area contributed by atoms with E-state index in [4.69, 9.17) is 9.47 Å². The van der Waals surface area contributed by atoms with Gasteiger partial charge in [-0.2, -0.15) is 0 Å². The van der Waals surface area contributed by atoms with Crippen molar-refractivity contribution < 1.29 is 14.6 Å². The van der Waals surface area contributed by atoms with E-state index in [1.807, 2.05) is 0 Å². The van der Waals surface area contributed by atoms with Gasteiger partial charge >= 0.3 is 0 Å². The molecule has 0 saturated carbocycles. The van der Waals surface area contributed by atoms with Crippen molar-refractivity contribution in [2.75, 3.05) is 13.7 Å². The first kappa shape index (κ1) is 10.7. The maximum Gasteiger partial charge on any atom is 0.164 e. The van der Waals surface area contributed by atoms with Crippen LogP contribution in [0.4, 0.5) is 0 Å². The number of benzene rings is 1. The SMILES string of the molecule is CCCCOc1cc(OC)ccc1O. The van der Waals surface area contributed by atoms with Crippen LogP contribution in [0.15, 0.2) is 18.2 Å². The Bertz CT molecular complexity index is 284. The number of phenolic OH excluding ortho intramolecular Hbond substituents is 1. The minimum absolute atomic E-state index is 0.155. The molecule has 0 aromatic heterocycles. The molecule has 0 aliphatic heterocycles. The number of unbranched alkanes of at least 4 members (excludes halogenated alkanes) is 1. The van der Waals surface area contributed by atoms with Crippen molar-refractivity contribution in [3.63, 3.8) is 0 Å². The van der Waals surface area contributed by atoms with Gasteiger partial charge in [0.15, 0.2) is 11.5 Å². The first-order valence-corrected chi connectivity index (χ1v) is 4.77. The molecule has 0 radical (unpaired) electrons. The van der Waals surface area contributed by atoms with Gasteiger partial charge in [-0.1, -0.05) is 13.3 Å². The second-order valence-electron chi connectivity index (χ2n) is 3.04. The van der Waals surface area contributed by atoms with Crippen molar-refractivity contribution in [2.45, 2.75) is 19.8 Å². The first-order chi connectivity index (χ1) is 6.77. The van der Waals surface area contributed by atoms with Crippen molar-refractivity contribution in [1.82, 2.24) is 0 Å². The molecule has 14 heavy (non-hydrogen) atoms. The molecular formula is C11H16O3. The zero-order chi connectivity index (χ0) is 10.4. The summed E-state index contributed by atoms with van der Waals surface area (Å²) in [5.74, 6) is 1.33. The summed E-state index contributed by atoms with van der Waals surface area (Å²) in [4.78, 5) is 0. The number of phenols is 1. The lowest BCUT2D eigenvalue weighted by atomic mass is 10.3. The van der Waals surface area contributed by atoms with Gasteiger partial charge in [-0.15, -0.1) is 0 Å². The predicted octanol–water partition coefficient (Wildman–Crippen LogP) is 2.58. The Hall–Kier alpha value is -1.38. The molecule has 0 spiro atoms. The molecule has 0 saturated heterocycles. The third kappa shape index (κ3) is 2.83. The fourth-order valence-electron chi connectivity index (χ4n) is 1.06. The molecule has 0 atom stereocenters. The smallest absolute Gasteiger partial charge is 0.164 e. The minimum Gasteiger partial charge on any atom is -0.504 e. The van der Waals surface area contributed by atoms with E-state index in [2.05, 4.69) is 6.92 Å². The summed E-state index contributed by atoms with van der Waals surface area (Å²) in [5, 5.41) is 9.45. The van der Waals surface area contributed by atoms with Gasteiger partial charge in [-0.3, -0.25) is 0 Å². The van der Waals surface area contributed by atoms with E-state index in [1.165, 1.54) is 0 Å². The van der Waals surface area contributed by atoms with Crippen molar-refractivity contribution in [3.8, 4) is 17.2 Å². The monoisotopic (exact) mass is 196 g/mol. The molecule has 0 heterocycles. The molecule has 0 amide bonds. The summed E-state index contributed by atoms with van der Waals surface area (Å²) < 4.78 is 10.4. The van der Waals surface area contributed by atoms with Crippen molar-refractivity contribution in [1.29, 1.82) is 0 Å². The second-order valence-corrected chi connectivity index (χ2v) is 3.04. The Kier molecular flexibility index (Phi) is 4.11. The van der Waals surface area contributed by atoms with Crippen molar-refractivity contribution in [2.24, 2.45) is 0 Å². The van der Waals surface area contributed by atoms with Crippen LogP contribution >= 0.6 is 0 Å². The highest BCUT2D eigenvalue weighted by molar-refractivity contribution is 5.44. The van der Waals surface area contributed by atoms with Gasteiger partial charge in [0.2, 0.25) is 0 Å². The lowest BCUT2D eigenvalue weighted by molar-refractivity contribution is 0.290. The Morgan fingerprint density at radius 3 is 2.79 bits per heavy atom. The molecule has 1 rings (SSSR count). The zero-order valence-electron chi connectivity index (χ0n) is 8.62. The Morgan fingerprint density at radius 2 is 2.14 bits per heavy atom. The number of aromatic hydroxyl groups is 1. The van der Waals surface area contributed by atoms with E-state index in [0.717, 1.165) is 12.8 Å². The molecule has 3 nitrogen and oxygen atoms in total. The van der Waals surface area contributed by atoms with E-state index < -0.39 is 0 Å². The summed E-state index contributed by atoms with van der Waals surface area (Å²) in [7, 11) is 1.59. The largest absolute Gasteiger partial charge is 0.504 e. The molecule has 1 N–H and O–H groups in total. The fourth-order valence-corrected chi connectivity index (χ4v) is 1.06. The van der Waals surface area contributed by atoms with Gasteiger partial charge in [0.1, 0.15) is 5.75 Å². The van der Waals surface area contributed by atoms with E-state index in [0.29, 0.717) is 18.1 Å². The number of methoxy groups -OCH3 is 1. The average molecular weight is 196 g/mol. The molecule has 1 aromatic rings. The van der Waals surface area contributed by atoms with Crippen LogP contribution in [0.2, 0.25) is 0 Å². The van der Waals surface area contributed by atoms with Gasteiger partial charge in [0.25, 0.3) is 0 Å². The second kappa shape index (κ2) is 5.37. The maximum atomic E-state index is 9.45. The van der Waals surface area contributed by atoms with Crippen LogP contribution in [-0.2, 0) is 0 Å². The van der Waals surface area contributed by atoms with E-state index in [1.54, 1.807) is 25.3 Å². The van der Waals surface area contributed by atoms with Crippen LogP contribution < -0.4 is 9.47 Å². The van der Waals surface area contributed by atoms with Crippen LogP contribution in [0.3, 0.4) is 0 Å². The summed E-state index contributed by atoms with van der Waals surface area (Å²) in [6, 6.07) is 4.95. The molecule has 0 fully saturated rings. The predicted molar refractivity (Wildman–Crippen MR) is 55.1 cm³/mol. The molecule has 0 unspecified atom stereocenters. The lowest BCUT2D eigenvalue weighted by Crippen LogP contribution is -1.97. The molecule has 78 valence electrons. The van der Waals surface area contributed by atoms with E-state index in [9.17, 15) is 5.11 Å². The molecule has 0 aliphatic carbocycles. The number of rotatable bonds is 5. The number of ether oxygens (including phenoxy) is 2. The zero-order valence-corrected chi connectivity index (χ0v) is 8.62. The normalized spacial score (nSPS) is 9.86. The van der Waals surface area contributed by atoms with Crippen LogP contribution in [-0.4, -0.2) is 18.8 Å². The van der Waals surface area contributed by atoms with Crippen LogP contribution in [0.5, 0.6) is 17.2 Å². The molecular weight excluding hydrogens is 180 g/mol. The topological polar surface area (TPSA) is 38.7 Å². The maximum absolute atomic E-state index is 9.45. The first-order valence-electron chi connectivity index (χ1n) is 4.77. The third-order valence-corrected chi connectivity index (χ3v) is 1.92. The quantitative estimate of drug-likeness (QED) is 0.735. The summed E-state index contributed by atoms with van der Waals surface area (Å²) in [6.45, 7) is 2.71. The molecule has 0 bridgehead atoms. The van der Waals surface area contributed by atoms with Gasteiger partial charge < -0.3 is 14.6 Å². The van der Waals surface area contributed by atoms with E-state index >= 15 is 0 Å². The molecule has 1 aromatic carbocycles. The van der Waals surface area contributed by atoms with Crippen LogP contribution in [0.25, 0.3) is 0 Å². The average Bonchev–Trinajstić information content (AvgIpc) is 2.21. The highest BCUT2D eigenvalue weighted by Crippen LogP contribution is 2.30. The standard InChI is InChI=1S/C11H16O3/c1-3-4-7-14-11-8-9(13-2)5-6-10(11)12/h5-6,8,12H,3-4,7H2,1-2H3. The Balaban J connectivity index is 2.64.